The van der Waals surface area contributed by atoms with Gasteiger partial charge in [0.05, 0.1) is 10.6 Å². The number of ether oxygens (including phenoxy) is 1. The van der Waals surface area contributed by atoms with Crippen LogP contribution in [0.4, 0.5) is 4.39 Å². The maximum absolute atomic E-state index is 12.9. The van der Waals surface area contributed by atoms with E-state index in [0.717, 1.165) is 15.6 Å². The summed E-state index contributed by atoms with van der Waals surface area (Å²) in [6.07, 6.45) is 0. The number of rotatable bonds is 6. The second-order valence-electron chi connectivity index (χ2n) is 5.87. The number of halogens is 3. The van der Waals surface area contributed by atoms with Gasteiger partial charge in [-0.05, 0) is 53.6 Å². The van der Waals surface area contributed by atoms with Gasteiger partial charge in [0.15, 0.2) is 0 Å². The van der Waals surface area contributed by atoms with E-state index in [4.69, 9.17) is 16.3 Å². The van der Waals surface area contributed by atoms with Crippen molar-refractivity contribution < 1.29 is 13.9 Å². The summed E-state index contributed by atoms with van der Waals surface area (Å²) >= 11 is 9.40. The SMILES string of the molecule is O=C(NCc1ccc(OCc2ccc(F)cc2)cc1)c1cc(Br)ccc1Cl. The lowest BCUT2D eigenvalue weighted by atomic mass is 10.2. The molecular formula is C21H16BrClFNO2. The molecule has 0 fully saturated rings. The van der Waals surface area contributed by atoms with Crippen molar-refractivity contribution in [1.29, 1.82) is 0 Å². The largest absolute Gasteiger partial charge is 0.489 e. The summed E-state index contributed by atoms with van der Waals surface area (Å²) in [6.45, 7) is 0.734. The van der Waals surface area contributed by atoms with Gasteiger partial charge >= 0.3 is 0 Å². The van der Waals surface area contributed by atoms with Gasteiger partial charge < -0.3 is 10.1 Å². The molecule has 0 heterocycles. The van der Waals surface area contributed by atoms with Crippen LogP contribution in [0, 0.1) is 5.82 Å². The van der Waals surface area contributed by atoms with Crippen LogP contribution in [-0.2, 0) is 13.2 Å². The van der Waals surface area contributed by atoms with E-state index < -0.39 is 0 Å². The first kappa shape index (κ1) is 19.4. The second-order valence-corrected chi connectivity index (χ2v) is 7.19. The molecule has 0 bridgehead atoms. The van der Waals surface area contributed by atoms with E-state index in [1.165, 1.54) is 12.1 Å². The molecular weight excluding hydrogens is 433 g/mol. The summed E-state index contributed by atoms with van der Waals surface area (Å²) in [4.78, 5) is 12.3. The number of carbonyl (C=O) groups is 1. The molecule has 0 atom stereocenters. The number of nitrogens with one attached hydrogen (secondary N) is 1. The summed E-state index contributed by atoms with van der Waals surface area (Å²) in [5, 5.41) is 3.25. The molecule has 3 nitrogen and oxygen atoms in total. The molecule has 0 aliphatic rings. The minimum atomic E-state index is -0.269. The third-order valence-corrected chi connectivity index (χ3v) is 4.69. The van der Waals surface area contributed by atoms with Crippen LogP contribution in [0.25, 0.3) is 0 Å². The predicted octanol–water partition coefficient (Wildman–Crippen LogP) is 5.75. The highest BCUT2D eigenvalue weighted by Gasteiger charge is 2.10. The molecule has 0 aliphatic carbocycles. The number of hydrogen-bond donors (Lipinski definition) is 1. The Kier molecular flexibility index (Phi) is 6.48. The van der Waals surface area contributed by atoms with Crippen LogP contribution in [0.1, 0.15) is 21.5 Å². The molecule has 3 aromatic rings. The fourth-order valence-electron chi connectivity index (χ4n) is 2.40. The molecule has 0 saturated heterocycles. The normalized spacial score (nSPS) is 10.5. The minimum absolute atomic E-state index is 0.238. The van der Waals surface area contributed by atoms with Crippen LogP contribution in [-0.4, -0.2) is 5.91 Å². The lowest BCUT2D eigenvalue weighted by Gasteiger charge is -2.09. The van der Waals surface area contributed by atoms with Crippen molar-refractivity contribution >= 4 is 33.4 Å². The lowest BCUT2D eigenvalue weighted by molar-refractivity contribution is 0.0951. The van der Waals surface area contributed by atoms with Gasteiger partial charge in [0.1, 0.15) is 18.2 Å². The summed E-state index contributed by atoms with van der Waals surface area (Å²) in [5.41, 5.74) is 2.24. The number of amides is 1. The molecule has 1 N–H and O–H groups in total. The van der Waals surface area contributed by atoms with Crippen LogP contribution in [0.15, 0.2) is 71.2 Å². The highest BCUT2D eigenvalue weighted by molar-refractivity contribution is 9.10. The smallest absolute Gasteiger partial charge is 0.253 e. The first-order valence-corrected chi connectivity index (χ1v) is 9.38. The van der Waals surface area contributed by atoms with Gasteiger partial charge in [-0.3, -0.25) is 4.79 Å². The summed E-state index contributed by atoms with van der Waals surface area (Å²) in [5.74, 6) is 0.191. The Morgan fingerprint density at radius 1 is 1.00 bits per heavy atom. The van der Waals surface area contributed by atoms with Crippen LogP contribution >= 0.6 is 27.5 Å². The van der Waals surface area contributed by atoms with Gasteiger partial charge in [0.25, 0.3) is 5.91 Å². The van der Waals surface area contributed by atoms with Crippen LogP contribution in [0.3, 0.4) is 0 Å². The van der Waals surface area contributed by atoms with E-state index in [-0.39, 0.29) is 11.7 Å². The zero-order valence-corrected chi connectivity index (χ0v) is 16.6. The molecule has 6 heteroatoms. The zero-order chi connectivity index (χ0) is 19.2. The molecule has 1 amide bonds. The molecule has 27 heavy (non-hydrogen) atoms. The quantitative estimate of drug-likeness (QED) is 0.521. The van der Waals surface area contributed by atoms with E-state index in [0.29, 0.717) is 29.5 Å². The van der Waals surface area contributed by atoms with Gasteiger partial charge in [-0.25, -0.2) is 4.39 Å². The van der Waals surface area contributed by atoms with Gasteiger partial charge in [0, 0.05) is 11.0 Å². The second kappa shape index (κ2) is 9.02. The lowest BCUT2D eigenvalue weighted by Crippen LogP contribution is -2.23. The highest BCUT2D eigenvalue weighted by atomic mass is 79.9. The molecule has 3 rings (SSSR count). The molecule has 3 aromatic carbocycles. The van der Waals surface area contributed by atoms with E-state index in [1.54, 1.807) is 30.3 Å². The zero-order valence-electron chi connectivity index (χ0n) is 14.2. The van der Waals surface area contributed by atoms with Crippen LogP contribution < -0.4 is 10.1 Å². The van der Waals surface area contributed by atoms with Crippen molar-refractivity contribution in [2.45, 2.75) is 13.2 Å². The van der Waals surface area contributed by atoms with Gasteiger partial charge in [-0.1, -0.05) is 51.8 Å². The van der Waals surface area contributed by atoms with E-state index >= 15 is 0 Å². The summed E-state index contributed by atoms with van der Waals surface area (Å²) in [6, 6.07) is 18.7. The molecule has 0 radical (unpaired) electrons. The monoisotopic (exact) mass is 447 g/mol. The third-order valence-electron chi connectivity index (χ3n) is 3.87. The average molecular weight is 449 g/mol. The van der Waals surface area contributed by atoms with Crippen molar-refractivity contribution in [3.05, 3.63) is 98.7 Å². The Balaban J connectivity index is 1.53. The maximum atomic E-state index is 12.9. The Labute approximate surface area is 170 Å². The highest BCUT2D eigenvalue weighted by Crippen LogP contribution is 2.21. The van der Waals surface area contributed by atoms with Crippen molar-refractivity contribution in [3.63, 3.8) is 0 Å². The van der Waals surface area contributed by atoms with E-state index in [2.05, 4.69) is 21.2 Å². The van der Waals surface area contributed by atoms with Gasteiger partial charge in [0.2, 0.25) is 0 Å². The molecule has 0 saturated carbocycles. The fraction of sp³-hybridized carbons (Fsp3) is 0.0952. The maximum Gasteiger partial charge on any atom is 0.253 e. The number of hydrogen-bond acceptors (Lipinski definition) is 2. The minimum Gasteiger partial charge on any atom is -0.489 e. The third kappa shape index (κ3) is 5.55. The molecule has 0 aliphatic heterocycles. The van der Waals surface area contributed by atoms with Crippen molar-refractivity contribution in [2.24, 2.45) is 0 Å². The number of carbonyl (C=O) groups excluding carboxylic acids is 1. The topological polar surface area (TPSA) is 38.3 Å². The van der Waals surface area contributed by atoms with Crippen LogP contribution in [0.5, 0.6) is 5.75 Å². The van der Waals surface area contributed by atoms with Crippen molar-refractivity contribution in [2.75, 3.05) is 0 Å². The number of benzene rings is 3. The summed E-state index contributed by atoms with van der Waals surface area (Å²) in [7, 11) is 0. The Morgan fingerprint density at radius 3 is 2.37 bits per heavy atom. The van der Waals surface area contributed by atoms with Gasteiger partial charge in [-0.15, -0.1) is 0 Å². The average Bonchev–Trinajstić information content (AvgIpc) is 2.68. The first-order valence-electron chi connectivity index (χ1n) is 8.21. The standard InChI is InChI=1S/C21H16BrClFNO2/c22-16-5-10-20(23)19(11-16)21(26)25-12-14-3-8-18(9-4-14)27-13-15-1-6-17(24)7-2-15/h1-11H,12-13H2,(H,25,26). The van der Waals surface area contributed by atoms with E-state index in [9.17, 15) is 9.18 Å². The van der Waals surface area contributed by atoms with Crippen molar-refractivity contribution in [3.8, 4) is 5.75 Å². The van der Waals surface area contributed by atoms with E-state index in [1.807, 2.05) is 24.3 Å². The first-order chi connectivity index (χ1) is 13.0. The Morgan fingerprint density at radius 2 is 1.67 bits per heavy atom. The fourth-order valence-corrected chi connectivity index (χ4v) is 2.96. The van der Waals surface area contributed by atoms with Gasteiger partial charge in [-0.2, -0.15) is 0 Å². The molecule has 0 aromatic heterocycles. The molecule has 138 valence electrons. The molecule has 0 spiro atoms. The predicted molar refractivity (Wildman–Crippen MR) is 107 cm³/mol. The van der Waals surface area contributed by atoms with Crippen molar-refractivity contribution in [1.82, 2.24) is 5.32 Å². The summed E-state index contributed by atoms with van der Waals surface area (Å²) < 4.78 is 19.4. The Bertz CT molecular complexity index is 930. The van der Waals surface area contributed by atoms with Crippen LogP contribution in [0.2, 0.25) is 5.02 Å². The Hall–Kier alpha value is -2.37. The molecule has 0 unspecified atom stereocenters.